The summed E-state index contributed by atoms with van der Waals surface area (Å²) in [5.74, 6) is -0.857. The Morgan fingerprint density at radius 1 is 0.828 bits per heavy atom. The Kier molecular flexibility index (Phi) is 8.48. The molecule has 0 atom stereocenters. The van der Waals surface area contributed by atoms with Crippen molar-refractivity contribution in [2.45, 2.75) is 23.6 Å². The van der Waals surface area contributed by atoms with E-state index in [2.05, 4.69) is 64.9 Å². The molecule has 0 spiro atoms. The molecule has 0 saturated carbocycles. The number of nitrogens with one attached hydrogen (secondary N) is 1. The van der Waals surface area contributed by atoms with Crippen molar-refractivity contribution in [2.75, 3.05) is 0 Å². The molecule has 3 aromatic carbocycles. The Morgan fingerprint density at radius 3 is 1.83 bits per heavy atom. The van der Waals surface area contributed by atoms with E-state index < -0.39 is 27.1 Å². The van der Waals surface area contributed by atoms with Crippen LogP contribution in [0.25, 0.3) is 11.1 Å². The van der Waals surface area contributed by atoms with E-state index in [9.17, 15) is 4.79 Å². The number of hydrogen-bond acceptors (Lipinski definition) is 1. The fourth-order valence-corrected chi connectivity index (χ4v) is 19.2. The molecule has 6 heteroatoms. The van der Waals surface area contributed by atoms with Gasteiger partial charge in [0.1, 0.15) is 0 Å². The average Bonchev–Trinajstić information content (AvgIpc) is 3.00. The number of benzene rings is 3. The van der Waals surface area contributed by atoms with Crippen molar-refractivity contribution in [3.63, 3.8) is 0 Å². The van der Waals surface area contributed by atoms with Crippen molar-refractivity contribution in [2.24, 2.45) is 0 Å². The van der Waals surface area contributed by atoms with Gasteiger partial charge in [0, 0.05) is 0 Å². The molecule has 2 nitrogen and oxygen atoms in total. The minimum absolute atomic E-state index is 0. The third kappa shape index (κ3) is 4.61. The standard InChI is InChI=1S/C13H9.C8H9NO.C2H7Si.2ClH.Zr/c1-3-7-12-10(5-1)9-11-6-2-4-8-13(11)12;1-6-4-2-3-5-7(6)8(9)10;1-3-2;;;/h1-9H;2-5H,1H3,(H2,9,10);3H,1-2H3;2*1H;/q;;;;;+3/p-3. The van der Waals surface area contributed by atoms with Crippen molar-refractivity contribution in [1.82, 2.24) is 3.26 Å². The van der Waals surface area contributed by atoms with E-state index in [1.807, 2.05) is 31.2 Å². The van der Waals surface area contributed by atoms with Gasteiger partial charge in [-0.25, -0.2) is 0 Å². The molecule has 1 amide bonds. The number of rotatable bonds is 4. The van der Waals surface area contributed by atoms with Crippen LogP contribution >= 0.6 is 0 Å². The molecule has 0 unspecified atom stereocenters. The van der Waals surface area contributed by atoms with Gasteiger partial charge in [0.05, 0.1) is 0 Å². The van der Waals surface area contributed by atoms with E-state index in [0.717, 1.165) is 11.1 Å². The molecule has 0 aliphatic heterocycles. The number of hydrogen-bond donors (Lipinski definition) is 1. The molecule has 0 radical (unpaired) electrons. The average molecular weight is 521 g/mol. The van der Waals surface area contributed by atoms with Crippen molar-refractivity contribution in [3.8, 4) is 11.1 Å². The fraction of sp³-hybridized carbons (Fsp3) is 0.174. The smallest absolute Gasteiger partial charge is 1.00 e. The van der Waals surface area contributed by atoms with E-state index in [-0.39, 0.29) is 30.7 Å². The van der Waals surface area contributed by atoms with E-state index in [4.69, 9.17) is 0 Å². The molecule has 149 valence electrons. The maximum Gasteiger partial charge on any atom is -1.00 e. The number of halogens is 2. The molecule has 0 saturated heterocycles. The third-order valence-electron chi connectivity index (χ3n) is 5.41. The van der Waals surface area contributed by atoms with Gasteiger partial charge >= 0.3 is 171 Å². The van der Waals surface area contributed by atoms with Gasteiger partial charge in [0.2, 0.25) is 0 Å². The van der Waals surface area contributed by atoms with Crippen LogP contribution < -0.4 is 28.1 Å². The maximum absolute atomic E-state index is 13.1. The summed E-state index contributed by atoms with van der Waals surface area (Å²) in [6.07, 6.45) is 0. The molecule has 1 N–H and O–H groups in total. The SMILES string of the molecule is Cc1ccccc1C(=O)[NH][Zr+2]([CH]1c2ccccc2-c2ccccc21)[SiH](C)C.[Cl-].[Cl-]. The molecular formula is C23H24Cl2NOSiZr. The fourth-order valence-electron chi connectivity index (χ4n) is 4.07. The van der Waals surface area contributed by atoms with Gasteiger partial charge in [-0.3, -0.25) is 0 Å². The Labute approximate surface area is 194 Å². The molecule has 0 heterocycles. The van der Waals surface area contributed by atoms with Crippen LogP contribution in [0.15, 0.2) is 72.8 Å². The number of carbonyl (C=O) groups is 1. The first-order valence-electron chi connectivity index (χ1n) is 9.50. The van der Waals surface area contributed by atoms with Crippen LogP contribution in [0.5, 0.6) is 0 Å². The number of aryl methyl sites for hydroxylation is 1. The van der Waals surface area contributed by atoms with Crippen LogP contribution in [0.2, 0.25) is 13.1 Å². The van der Waals surface area contributed by atoms with Crippen molar-refractivity contribution in [3.05, 3.63) is 95.1 Å². The Bertz CT molecular complexity index is 966. The van der Waals surface area contributed by atoms with Gasteiger partial charge < -0.3 is 24.8 Å². The molecule has 0 bridgehead atoms. The number of carbonyl (C=O) groups excluding carboxylic acids is 1. The van der Waals surface area contributed by atoms with Gasteiger partial charge in [0.15, 0.2) is 0 Å². The number of amides is 1. The summed E-state index contributed by atoms with van der Waals surface area (Å²) in [5.41, 5.74) is 7.45. The largest absolute Gasteiger partial charge is 1.00 e. The topological polar surface area (TPSA) is 29.1 Å². The van der Waals surface area contributed by atoms with Crippen LogP contribution in [0.1, 0.15) is 30.7 Å². The predicted molar refractivity (Wildman–Crippen MR) is 111 cm³/mol. The Balaban J connectivity index is 0.00000150. The van der Waals surface area contributed by atoms with Gasteiger partial charge in [-0.05, 0) is 0 Å². The number of fused-ring (bicyclic) bond motifs is 3. The normalized spacial score (nSPS) is 11.7. The zero-order chi connectivity index (χ0) is 19.0. The first kappa shape index (κ1) is 24.1. The summed E-state index contributed by atoms with van der Waals surface area (Å²) in [7, 11) is 0. The second kappa shape index (κ2) is 10.2. The van der Waals surface area contributed by atoms with Crippen molar-refractivity contribution in [1.29, 1.82) is 0 Å². The van der Waals surface area contributed by atoms with Crippen molar-refractivity contribution >= 4 is 11.8 Å². The molecule has 0 fully saturated rings. The monoisotopic (exact) mass is 518 g/mol. The predicted octanol–water partition coefficient (Wildman–Crippen LogP) is -0.981. The zero-order valence-electron chi connectivity index (χ0n) is 16.7. The Hall–Kier alpha value is -1.19. The third-order valence-corrected chi connectivity index (χ3v) is 23.0. The maximum atomic E-state index is 13.1. The van der Waals surface area contributed by atoms with E-state index in [1.165, 1.54) is 22.3 Å². The van der Waals surface area contributed by atoms with Gasteiger partial charge in [-0.1, -0.05) is 0 Å². The summed E-state index contributed by atoms with van der Waals surface area (Å²) in [6.45, 7) is 6.85. The minimum Gasteiger partial charge on any atom is -1.00 e. The summed E-state index contributed by atoms with van der Waals surface area (Å²) in [4.78, 5) is 13.1. The van der Waals surface area contributed by atoms with E-state index in [0.29, 0.717) is 3.63 Å². The molecule has 1 aliphatic carbocycles. The zero-order valence-corrected chi connectivity index (χ0v) is 21.9. The molecule has 3 aromatic rings. The van der Waals surface area contributed by atoms with Gasteiger partial charge in [-0.15, -0.1) is 0 Å². The van der Waals surface area contributed by atoms with Gasteiger partial charge in [-0.2, -0.15) is 0 Å². The quantitative estimate of drug-likeness (QED) is 0.441. The molecule has 0 aromatic heterocycles. The van der Waals surface area contributed by atoms with Crippen LogP contribution in [0.4, 0.5) is 0 Å². The van der Waals surface area contributed by atoms with E-state index in [1.54, 1.807) is 0 Å². The van der Waals surface area contributed by atoms with Gasteiger partial charge in [0.25, 0.3) is 0 Å². The Morgan fingerprint density at radius 2 is 1.31 bits per heavy atom. The molecule has 1 aliphatic rings. The first-order chi connectivity index (χ1) is 13.1. The summed E-state index contributed by atoms with van der Waals surface area (Å²) < 4.78 is 4.05. The summed E-state index contributed by atoms with van der Waals surface area (Å²) in [5, 5.41) is 0. The molecule has 29 heavy (non-hydrogen) atoms. The molecule has 4 rings (SSSR count). The van der Waals surface area contributed by atoms with Crippen LogP contribution in [0, 0.1) is 6.92 Å². The summed E-state index contributed by atoms with van der Waals surface area (Å²) in [6, 6.07) is 25.5. The second-order valence-corrected chi connectivity index (χ2v) is 26.3. The second-order valence-electron chi connectivity index (χ2n) is 7.49. The minimum atomic E-state index is -2.25. The van der Waals surface area contributed by atoms with Crippen LogP contribution in [-0.2, 0) is 21.2 Å². The summed E-state index contributed by atoms with van der Waals surface area (Å²) >= 11 is -2.25. The first-order valence-corrected chi connectivity index (χ1v) is 19.3. The van der Waals surface area contributed by atoms with Crippen LogP contribution in [0.3, 0.4) is 0 Å². The van der Waals surface area contributed by atoms with Crippen molar-refractivity contribution < 1.29 is 50.8 Å². The van der Waals surface area contributed by atoms with E-state index >= 15 is 0 Å². The molecular weight excluding hydrogens is 496 g/mol. The van der Waals surface area contributed by atoms with Crippen LogP contribution in [-0.4, -0.2) is 11.8 Å².